The topological polar surface area (TPSA) is 91.7 Å². The van der Waals surface area contributed by atoms with E-state index in [4.69, 9.17) is 5.11 Å². The third-order valence-electron chi connectivity index (χ3n) is 3.94. The van der Waals surface area contributed by atoms with E-state index >= 15 is 0 Å². The van der Waals surface area contributed by atoms with Crippen molar-refractivity contribution in [2.45, 2.75) is 26.1 Å². The van der Waals surface area contributed by atoms with E-state index in [1.165, 1.54) is 24.3 Å². The smallest absolute Gasteiger partial charge is 0.335 e. The maximum Gasteiger partial charge on any atom is 0.335 e. The molecular weight excluding hydrogens is 336 g/mol. The second kappa shape index (κ2) is 7.02. The van der Waals surface area contributed by atoms with E-state index < -0.39 is 25.6 Å². The fourth-order valence-electron chi connectivity index (χ4n) is 2.38. The normalized spacial score (nSPS) is 11.2. The van der Waals surface area contributed by atoms with Crippen LogP contribution in [0.15, 0.2) is 42.5 Å². The number of benzene rings is 2. The van der Waals surface area contributed by atoms with Crippen molar-refractivity contribution in [3.63, 3.8) is 0 Å². The van der Waals surface area contributed by atoms with Crippen molar-refractivity contribution in [1.29, 1.82) is 0 Å². The van der Waals surface area contributed by atoms with E-state index in [2.05, 4.69) is 19.6 Å². The standard InChI is InChI=1S/C19H20O5Si/c1-25(2,3)14-8-9-15(17(21)10-14)18(22)11-16(20)12-4-6-13(7-5-12)19(23)24/h4-10,21H,11H2,1-3H3,(H,23,24). The average molecular weight is 356 g/mol. The molecule has 0 aliphatic rings. The van der Waals surface area contributed by atoms with Gasteiger partial charge < -0.3 is 10.2 Å². The summed E-state index contributed by atoms with van der Waals surface area (Å²) in [6, 6.07) is 10.4. The summed E-state index contributed by atoms with van der Waals surface area (Å²) in [5.41, 5.74) is 0.455. The third-order valence-corrected chi connectivity index (χ3v) is 5.98. The van der Waals surface area contributed by atoms with Gasteiger partial charge in [-0.1, -0.05) is 43.0 Å². The second-order valence-corrected chi connectivity index (χ2v) is 12.0. The molecule has 0 atom stereocenters. The Labute approximate surface area is 146 Å². The fourth-order valence-corrected chi connectivity index (χ4v) is 3.53. The third kappa shape index (κ3) is 4.42. The first kappa shape index (κ1) is 18.6. The molecule has 0 unspecified atom stereocenters. The molecule has 0 amide bonds. The summed E-state index contributed by atoms with van der Waals surface area (Å²) in [7, 11) is -1.61. The van der Waals surface area contributed by atoms with Gasteiger partial charge in [-0.25, -0.2) is 4.79 Å². The van der Waals surface area contributed by atoms with Crippen LogP contribution in [0.3, 0.4) is 0 Å². The predicted molar refractivity (Wildman–Crippen MR) is 97.8 cm³/mol. The average Bonchev–Trinajstić information content (AvgIpc) is 2.53. The quantitative estimate of drug-likeness (QED) is 0.471. The number of hydrogen-bond acceptors (Lipinski definition) is 4. The van der Waals surface area contributed by atoms with E-state index in [0.29, 0.717) is 0 Å². The molecule has 0 bridgehead atoms. The number of carbonyl (C=O) groups excluding carboxylic acids is 2. The molecule has 2 rings (SSSR count). The molecule has 0 spiro atoms. The molecule has 0 heterocycles. The largest absolute Gasteiger partial charge is 0.507 e. The molecule has 0 fully saturated rings. The zero-order chi connectivity index (χ0) is 18.8. The lowest BCUT2D eigenvalue weighted by atomic mass is 10.00. The van der Waals surface area contributed by atoms with Crippen molar-refractivity contribution in [2.75, 3.05) is 0 Å². The Morgan fingerprint density at radius 3 is 1.92 bits per heavy atom. The SMILES string of the molecule is C[Si](C)(C)c1ccc(C(=O)CC(=O)c2ccc(C(=O)O)cc2)c(O)c1. The number of Topliss-reactive ketones (excluding diaryl/α,β-unsaturated/α-hetero) is 2. The molecule has 0 saturated heterocycles. The number of carboxylic acid groups (broad SMARTS) is 1. The minimum Gasteiger partial charge on any atom is -0.507 e. The highest BCUT2D eigenvalue weighted by molar-refractivity contribution is 6.88. The summed E-state index contributed by atoms with van der Waals surface area (Å²) < 4.78 is 0. The minimum absolute atomic E-state index is 0.0717. The number of carbonyl (C=O) groups is 3. The van der Waals surface area contributed by atoms with Crippen molar-refractivity contribution in [3.05, 3.63) is 59.2 Å². The Balaban J connectivity index is 2.16. The molecule has 25 heavy (non-hydrogen) atoms. The maximum absolute atomic E-state index is 12.3. The van der Waals surface area contributed by atoms with Gasteiger partial charge in [-0.05, 0) is 24.3 Å². The first-order valence-corrected chi connectivity index (χ1v) is 11.3. The van der Waals surface area contributed by atoms with Gasteiger partial charge in [0.25, 0.3) is 0 Å². The van der Waals surface area contributed by atoms with Gasteiger partial charge in [-0.3, -0.25) is 9.59 Å². The first-order chi connectivity index (χ1) is 11.6. The zero-order valence-corrected chi connectivity index (χ0v) is 15.4. The Hall–Kier alpha value is -2.73. The number of ketones is 2. The molecular formula is C19H20O5Si. The summed E-state index contributed by atoms with van der Waals surface area (Å²) >= 11 is 0. The first-order valence-electron chi connectivity index (χ1n) is 7.83. The van der Waals surface area contributed by atoms with Crippen molar-refractivity contribution in [2.24, 2.45) is 0 Å². The molecule has 130 valence electrons. The molecule has 0 aromatic heterocycles. The Bertz CT molecular complexity index is 832. The van der Waals surface area contributed by atoms with Crippen LogP contribution in [0.25, 0.3) is 0 Å². The lowest BCUT2D eigenvalue weighted by molar-refractivity contribution is 0.0695. The number of aromatic hydroxyl groups is 1. The molecule has 2 aromatic carbocycles. The zero-order valence-electron chi connectivity index (χ0n) is 14.4. The van der Waals surface area contributed by atoms with Gasteiger partial charge in [-0.2, -0.15) is 0 Å². The van der Waals surface area contributed by atoms with Gasteiger partial charge in [-0.15, -0.1) is 0 Å². The van der Waals surface area contributed by atoms with Gasteiger partial charge in [0.15, 0.2) is 11.6 Å². The summed E-state index contributed by atoms with van der Waals surface area (Å²) in [6.07, 6.45) is -0.383. The van der Waals surface area contributed by atoms with Crippen LogP contribution in [0.2, 0.25) is 19.6 Å². The molecule has 5 nitrogen and oxygen atoms in total. The minimum atomic E-state index is -1.61. The molecule has 0 saturated carbocycles. The lowest BCUT2D eigenvalue weighted by Gasteiger charge is -2.17. The maximum atomic E-state index is 12.3. The number of hydrogen-bond donors (Lipinski definition) is 2. The van der Waals surface area contributed by atoms with E-state index in [9.17, 15) is 19.5 Å². The number of phenols is 1. The fraction of sp³-hybridized carbons (Fsp3) is 0.211. The van der Waals surface area contributed by atoms with Crippen molar-refractivity contribution < 1.29 is 24.6 Å². The van der Waals surface area contributed by atoms with Gasteiger partial charge >= 0.3 is 5.97 Å². The number of rotatable bonds is 6. The lowest BCUT2D eigenvalue weighted by Crippen LogP contribution is -2.37. The van der Waals surface area contributed by atoms with Gasteiger partial charge in [0, 0.05) is 5.56 Å². The van der Waals surface area contributed by atoms with E-state index in [1.54, 1.807) is 12.1 Å². The molecule has 0 aliphatic carbocycles. The second-order valence-electron chi connectivity index (χ2n) is 6.89. The summed E-state index contributed by atoms with van der Waals surface area (Å²) in [5, 5.41) is 20.0. The molecule has 0 radical (unpaired) electrons. The summed E-state index contributed by atoms with van der Waals surface area (Å²) in [6.45, 7) is 6.40. The number of aromatic carboxylic acids is 1. The predicted octanol–water partition coefficient (Wildman–Crippen LogP) is 3.09. The van der Waals surface area contributed by atoms with Gasteiger partial charge in [0.2, 0.25) is 0 Å². The van der Waals surface area contributed by atoms with Crippen LogP contribution < -0.4 is 5.19 Å². The van der Waals surface area contributed by atoms with Crippen LogP contribution in [0.5, 0.6) is 5.75 Å². The van der Waals surface area contributed by atoms with Gasteiger partial charge in [0.1, 0.15) is 5.75 Å². The Morgan fingerprint density at radius 1 is 0.880 bits per heavy atom. The van der Waals surface area contributed by atoms with E-state index in [0.717, 1.165) is 5.19 Å². The van der Waals surface area contributed by atoms with Crippen molar-refractivity contribution >= 4 is 30.8 Å². The van der Waals surface area contributed by atoms with E-state index in [-0.39, 0.29) is 28.9 Å². The van der Waals surface area contributed by atoms with Crippen LogP contribution in [-0.4, -0.2) is 35.8 Å². The summed E-state index contributed by atoms with van der Waals surface area (Å²) in [5.74, 6) is -2.08. The highest BCUT2D eigenvalue weighted by atomic mass is 28.3. The number of phenolic OH excluding ortho intramolecular Hbond substituents is 1. The molecule has 6 heteroatoms. The Kier molecular flexibility index (Phi) is 5.23. The highest BCUT2D eigenvalue weighted by Gasteiger charge is 2.21. The molecule has 0 aliphatic heterocycles. The van der Waals surface area contributed by atoms with Crippen LogP contribution >= 0.6 is 0 Å². The number of carboxylic acids is 1. The summed E-state index contributed by atoms with van der Waals surface area (Å²) in [4.78, 5) is 35.3. The van der Waals surface area contributed by atoms with Crippen LogP contribution in [0.4, 0.5) is 0 Å². The van der Waals surface area contributed by atoms with Crippen LogP contribution in [0.1, 0.15) is 37.5 Å². The van der Waals surface area contributed by atoms with Crippen molar-refractivity contribution in [1.82, 2.24) is 0 Å². The highest BCUT2D eigenvalue weighted by Crippen LogP contribution is 2.20. The molecule has 2 N–H and O–H groups in total. The van der Waals surface area contributed by atoms with Crippen LogP contribution in [0, 0.1) is 0 Å². The van der Waals surface area contributed by atoms with E-state index in [1.807, 2.05) is 6.07 Å². The van der Waals surface area contributed by atoms with Crippen LogP contribution in [-0.2, 0) is 0 Å². The Morgan fingerprint density at radius 2 is 1.44 bits per heavy atom. The monoisotopic (exact) mass is 356 g/mol. The van der Waals surface area contributed by atoms with Crippen molar-refractivity contribution in [3.8, 4) is 5.75 Å². The molecule has 2 aromatic rings. The van der Waals surface area contributed by atoms with Gasteiger partial charge in [0.05, 0.1) is 25.6 Å².